The van der Waals surface area contributed by atoms with Gasteiger partial charge in [0.2, 0.25) is 0 Å². The van der Waals surface area contributed by atoms with Crippen molar-refractivity contribution in [2.24, 2.45) is 10.4 Å². The second-order valence-corrected chi connectivity index (χ2v) is 5.84. The summed E-state index contributed by atoms with van der Waals surface area (Å²) in [5.41, 5.74) is 2.40. The van der Waals surface area contributed by atoms with E-state index in [1.807, 2.05) is 67.6 Å². The van der Waals surface area contributed by atoms with Crippen LogP contribution in [0.2, 0.25) is 0 Å². The largest absolute Gasteiger partial charge is 0.469 e. The molecule has 0 aromatic heterocycles. The van der Waals surface area contributed by atoms with Gasteiger partial charge in [-0.05, 0) is 18.1 Å². The highest BCUT2D eigenvalue weighted by Crippen LogP contribution is 2.47. The monoisotopic (exact) mass is 293 g/mol. The van der Waals surface area contributed by atoms with E-state index in [4.69, 9.17) is 9.73 Å². The molecule has 22 heavy (non-hydrogen) atoms. The number of hydrogen-bond donors (Lipinski definition) is 0. The van der Waals surface area contributed by atoms with E-state index in [1.54, 1.807) is 0 Å². The molecule has 3 heteroatoms. The first-order valence-corrected chi connectivity index (χ1v) is 7.40. The maximum atomic E-state index is 12.4. The van der Waals surface area contributed by atoms with Crippen molar-refractivity contribution >= 4 is 11.7 Å². The Balaban J connectivity index is 2.05. The number of ether oxygens (including phenoxy) is 1. The van der Waals surface area contributed by atoms with E-state index in [0.717, 1.165) is 16.8 Å². The van der Waals surface area contributed by atoms with Gasteiger partial charge in [0.1, 0.15) is 0 Å². The van der Waals surface area contributed by atoms with Crippen LogP contribution < -0.4 is 0 Å². The minimum Gasteiger partial charge on any atom is -0.469 e. The molecule has 1 aliphatic rings. The zero-order valence-corrected chi connectivity index (χ0v) is 12.8. The molecule has 2 atom stereocenters. The summed E-state index contributed by atoms with van der Waals surface area (Å²) in [5, 5.41) is 0. The summed E-state index contributed by atoms with van der Waals surface area (Å²) in [7, 11) is 1.44. The number of methoxy groups -OCH3 is 1. The number of hydrogen-bond acceptors (Lipinski definition) is 3. The molecule has 0 saturated carbocycles. The molecule has 0 fully saturated rings. The van der Waals surface area contributed by atoms with Crippen molar-refractivity contribution in [3.8, 4) is 0 Å². The van der Waals surface area contributed by atoms with E-state index in [0.29, 0.717) is 6.42 Å². The highest BCUT2D eigenvalue weighted by Gasteiger charge is 2.48. The first-order valence-electron chi connectivity index (χ1n) is 7.40. The molecular weight excluding hydrogens is 274 g/mol. The predicted molar refractivity (Wildman–Crippen MR) is 86.9 cm³/mol. The molecule has 0 spiro atoms. The molecule has 3 rings (SSSR count). The van der Waals surface area contributed by atoms with Gasteiger partial charge in [0.05, 0.1) is 18.6 Å². The van der Waals surface area contributed by atoms with Crippen LogP contribution in [0.3, 0.4) is 0 Å². The Morgan fingerprint density at radius 3 is 2.27 bits per heavy atom. The first-order chi connectivity index (χ1) is 10.6. The summed E-state index contributed by atoms with van der Waals surface area (Å²) in [6.45, 7) is 1.94. The smallest absolute Gasteiger partial charge is 0.314 e. The Morgan fingerprint density at radius 2 is 1.68 bits per heavy atom. The molecule has 112 valence electrons. The van der Waals surface area contributed by atoms with E-state index < -0.39 is 5.41 Å². The SMILES string of the molecule is COC(=O)[C@@]1(C)CC(c2ccccc2)=N[C@H]1c1ccccc1. The van der Waals surface area contributed by atoms with Crippen molar-refractivity contribution in [1.82, 2.24) is 0 Å². The second kappa shape index (κ2) is 5.76. The lowest BCUT2D eigenvalue weighted by Gasteiger charge is -2.27. The molecule has 3 nitrogen and oxygen atoms in total. The van der Waals surface area contributed by atoms with Gasteiger partial charge < -0.3 is 4.74 Å². The average molecular weight is 293 g/mol. The van der Waals surface area contributed by atoms with Crippen molar-refractivity contribution in [1.29, 1.82) is 0 Å². The quantitative estimate of drug-likeness (QED) is 0.807. The number of rotatable bonds is 3. The standard InChI is InChI=1S/C19H19NO2/c1-19(18(21)22-2)13-16(14-9-5-3-6-10-14)20-17(19)15-11-7-4-8-12-15/h3-12,17H,13H2,1-2H3/t17-,19-/m0/s1. The van der Waals surface area contributed by atoms with Gasteiger partial charge in [-0.3, -0.25) is 9.79 Å². The van der Waals surface area contributed by atoms with Crippen molar-refractivity contribution in [2.75, 3.05) is 7.11 Å². The summed E-state index contributed by atoms with van der Waals surface area (Å²) < 4.78 is 5.06. The van der Waals surface area contributed by atoms with E-state index in [9.17, 15) is 4.79 Å². The maximum Gasteiger partial charge on any atom is 0.314 e. The molecule has 0 saturated heterocycles. The molecule has 0 unspecified atom stereocenters. The number of nitrogens with zero attached hydrogens (tertiary/aromatic N) is 1. The fourth-order valence-corrected chi connectivity index (χ4v) is 3.09. The van der Waals surface area contributed by atoms with E-state index >= 15 is 0 Å². The van der Waals surface area contributed by atoms with Gasteiger partial charge in [-0.25, -0.2) is 0 Å². The van der Waals surface area contributed by atoms with Gasteiger partial charge in [-0.2, -0.15) is 0 Å². The van der Waals surface area contributed by atoms with Gasteiger partial charge in [-0.15, -0.1) is 0 Å². The molecule has 0 aliphatic carbocycles. The van der Waals surface area contributed by atoms with Crippen LogP contribution in [0.5, 0.6) is 0 Å². The Morgan fingerprint density at radius 1 is 1.09 bits per heavy atom. The fraction of sp³-hybridized carbons (Fsp3) is 0.263. The second-order valence-electron chi connectivity index (χ2n) is 5.84. The number of esters is 1. The van der Waals surface area contributed by atoms with Gasteiger partial charge in [0, 0.05) is 12.1 Å². The minimum atomic E-state index is -0.665. The van der Waals surface area contributed by atoms with Crippen LogP contribution in [0.4, 0.5) is 0 Å². The summed E-state index contributed by atoms with van der Waals surface area (Å²) >= 11 is 0. The Labute approximate surface area is 130 Å². The zero-order chi connectivity index (χ0) is 15.6. The lowest BCUT2D eigenvalue weighted by molar-refractivity contribution is -0.152. The molecule has 1 heterocycles. The van der Waals surface area contributed by atoms with Crippen LogP contribution in [0.25, 0.3) is 0 Å². The normalized spacial score (nSPS) is 23.9. The zero-order valence-electron chi connectivity index (χ0n) is 12.8. The Hall–Kier alpha value is -2.42. The summed E-state index contributed by atoms with van der Waals surface area (Å²) in [6, 6.07) is 19.8. The third-order valence-corrected chi connectivity index (χ3v) is 4.30. The van der Waals surface area contributed by atoms with Gasteiger partial charge >= 0.3 is 5.97 Å². The molecule has 0 radical (unpaired) electrons. The molecule has 1 aliphatic heterocycles. The summed E-state index contributed by atoms with van der Waals surface area (Å²) in [6.07, 6.45) is 0.587. The lowest BCUT2D eigenvalue weighted by atomic mass is 9.77. The third-order valence-electron chi connectivity index (χ3n) is 4.30. The van der Waals surface area contributed by atoms with Crippen molar-refractivity contribution in [3.05, 3.63) is 71.8 Å². The van der Waals surface area contributed by atoms with E-state index in [2.05, 4.69) is 0 Å². The molecule has 0 amide bonds. The molecule has 0 N–H and O–H groups in total. The maximum absolute atomic E-state index is 12.4. The van der Waals surface area contributed by atoms with Crippen LogP contribution in [-0.4, -0.2) is 18.8 Å². The van der Waals surface area contributed by atoms with Crippen LogP contribution >= 0.6 is 0 Å². The van der Waals surface area contributed by atoms with Crippen LogP contribution in [0.1, 0.15) is 30.5 Å². The van der Waals surface area contributed by atoms with Gasteiger partial charge in [0.15, 0.2) is 0 Å². The predicted octanol–water partition coefficient (Wildman–Crippen LogP) is 3.80. The van der Waals surface area contributed by atoms with E-state index in [1.165, 1.54) is 7.11 Å². The summed E-state index contributed by atoms with van der Waals surface area (Å²) in [4.78, 5) is 17.3. The average Bonchev–Trinajstić information content (AvgIpc) is 2.95. The molecule has 2 aromatic carbocycles. The number of benzene rings is 2. The lowest BCUT2D eigenvalue weighted by Crippen LogP contribution is -2.32. The van der Waals surface area contributed by atoms with Gasteiger partial charge in [0.25, 0.3) is 0 Å². The highest BCUT2D eigenvalue weighted by molar-refractivity contribution is 6.05. The summed E-state index contributed by atoms with van der Waals surface area (Å²) in [5.74, 6) is -0.212. The van der Waals surface area contributed by atoms with Crippen LogP contribution in [0.15, 0.2) is 65.7 Å². The number of carbonyl (C=O) groups excluding carboxylic acids is 1. The van der Waals surface area contributed by atoms with Crippen LogP contribution in [0, 0.1) is 5.41 Å². The fourth-order valence-electron chi connectivity index (χ4n) is 3.09. The Bertz CT molecular complexity index is 694. The van der Waals surface area contributed by atoms with Crippen molar-refractivity contribution in [2.45, 2.75) is 19.4 Å². The topological polar surface area (TPSA) is 38.7 Å². The number of aliphatic imine (C=N–C) groups is 1. The molecular formula is C19H19NO2. The van der Waals surface area contributed by atoms with E-state index in [-0.39, 0.29) is 12.0 Å². The van der Waals surface area contributed by atoms with Gasteiger partial charge in [-0.1, -0.05) is 60.7 Å². The highest BCUT2D eigenvalue weighted by atomic mass is 16.5. The minimum absolute atomic E-state index is 0.212. The first kappa shape index (κ1) is 14.5. The Kier molecular flexibility index (Phi) is 3.80. The van der Waals surface area contributed by atoms with Crippen molar-refractivity contribution < 1.29 is 9.53 Å². The molecule has 2 aromatic rings. The third kappa shape index (κ3) is 2.43. The number of carbonyl (C=O) groups is 1. The van der Waals surface area contributed by atoms with Crippen LogP contribution in [-0.2, 0) is 9.53 Å². The van der Waals surface area contributed by atoms with Crippen molar-refractivity contribution in [3.63, 3.8) is 0 Å². The molecule has 0 bridgehead atoms.